The molecule has 0 aromatic rings. The lowest BCUT2D eigenvalue weighted by Gasteiger charge is -2.51. The Labute approximate surface area is 736 Å². The van der Waals surface area contributed by atoms with Crippen LogP contribution < -0.4 is 10.6 Å². The average molecular weight is 1910 g/mol. The molecular weight excluding hydrogens is 1780 g/mol. The van der Waals surface area contributed by atoms with Gasteiger partial charge in [0.15, 0.2) is 62.9 Å². The van der Waals surface area contributed by atoms with Crippen LogP contribution in [0.5, 0.6) is 0 Å². The molecule has 11 rings (SSSR count). The van der Waals surface area contributed by atoms with Crippen LogP contribution in [0.4, 0.5) is 0 Å². The van der Waals surface area contributed by atoms with Gasteiger partial charge in [0.05, 0.1) is 84.8 Å². The molecule has 11 heterocycles. The predicted molar refractivity (Wildman–Crippen MR) is 398 cm³/mol. The van der Waals surface area contributed by atoms with Crippen LogP contribution in [0.3, 0.4) is 0 Å². The lowest BCUT2D eigenvalue weighted by Crippen LogP contribution is -2.71. The van der Waals surface area contributed by atoms with Gasteiger partial charge < -0.3 is 274 Å². The molecule has 11 aliphatic heterocycles. The third-order valence-electron chi connectivity index (χ3n) is 24.5. The van der Waals surface area contributed by atoms with E-state index < -0.39 is 428 Å². The van der Waals surface area contributed by atoms with Crippen molar-refractivity contribution < 1.29 is 272 Å². The van der Waals surface area contributed by atoms with Gasteiger partial charge in [0.2, 0.25) is 11.8 Å². The fourth-order valence-corrected chi connectivity index (χ4v) is 17.1. The van der Waals surface area contributed by atoms with E-state index in [2.05, 4.69) is 10.6 Å². The van der Waals surface area contributed by atoms with Gasteiger partial charge in [0.25, 0.3) is 0 Å². The van der Waals surface area contributed by atoms with Gasteiger partial charge in [-0.15, -0.1) is 0 Å². The molecule has 0 aliphatic carbocycles. The van der Waals surface area contributed by atoms with Crippen molar-refractivity contribution in [2.24, 2.45) is 5.92 Å². The van der Waals surface area contributed by atoms with Gasteiger partial charge in [-0.1, -0.05) is 13.8 Å². The summed E-state index contributed by atoms with van der Waals surface area (Å²) in [6.45, 7) is -7.13. The second-order valence-corrected chi connectivity index (χ2v) is 33.7. The number of ether oxygens (including phenoxy) is 21. The molecule has 0 spiro atoms. The number of aliphatic hydroxyl groups excluding tert-OH is 32. The molecule has 11 saturated heterocycles. The van der Waals surface area contributed by atoms with Gasteiger partial charge >= 0.3 is 0 Å². The highest BCUT2D eigenvalue weighted by atomic mass is 16.8. The summed E-state index contributed by atoms with van der Waals surface area (Å²) in [5.74, 6) is -2.06. The first-order chi connectivity index (χ1) is 61.6. The molecule has 11 aliphatic rings. The monoisotopic (exact) mass is 1910 g/mol. The number of nitrogens with one attached hydrogen (secondary N) is 2. The Morgan fingerprint density at radius 3 is 0.792 bits per heavy atom. The zero-order valence-electron chi connectivity index (χ0n) is 69.8. The first-order valence-electron chi connectivity index (χ1n) is 41.9. The summed E-state index contributed by atoms with van der Waals surface area (Å²) in [7, 11) is 0. The molecule has 0 aromatic heterocycles. The van der Waals surface area contributed by atoms with Gasteiger partial charge in [-0.2, -0.15) is 0 Å². The highest BCUT2D eigenvalue weighted by Gasteiger charge is 2.63. The van der Waals surface area contributed by atoms with Crippen LogP contribution in [0.2, 0.25) is 0 Å². The number of carbonyl (C=O) groups excluding carboxylic acids is 2. The van der Waals surface area contributed by atoms with E-state index in [1.165, 1.54) is 0 Å². The summed E-state index contributed by atoms with van der Waals surface area (Å²) in [5.41, 5.74) is 0. The standard InChI is InChI=1S/C73H124N2O55/c1-16(2)55-30(74-17(3)85)41(96)56(26(12-83)112-55)123-64-31(75-18(4)86)42(97)57(27(13-84)120-64)124-69-54(109)59(126-72-63(49(104)38(93)24(10-81)118-72)130-73-62(48(103)37(92)25(11-82)119-73)129-68-52(107)45(100)34(89)21(7-78)115-68)40(95)29(122-69)14-110-65-53(108)58(125-71-61(47(102)36(91)23(9-80)117-71)128-67-51(106)44(99)33(88)20(6-77)114-67)39(94)28(121-65)15-111-70-60(46(101)35(90)22(8-79)116-70)127-66-50(105)43(98)32(87)19(5-76)113-66/h16,19-73,76-84,87-109H,5-15H2,1-4H3,(H,74,85)(H,75,86)/t19?,20?,21?,22?,23?,24?,25?,26?,27?,28?,29?,30?,31?,32-,33-,34-,35-,36-,37-,38-,39-,40-,41-,42-,43+,44?,45?,46+,47?,48?,49?,50?,51?,52?,53?,54?,55+,56-,57-,58+,59+,60?,61?,62?,63?,64+,65+,66-,67-,68-,69+,70+,71-,72-,73-/m1/s1. The summed E-state index contributed by atoms with van der Waals surface area (Å²) in [5, 5.41) is 364. The van der Waals surface area contributed by atoms with Crippen LogP contribution in [0.25, 0.3) is 0 Å². The molecule has 11 fully saturated rings. The maximum absolute atomic E-state index is 13.2. The number of aliphatic hydroxyl groups is 32. The van der Waals surface area contributed by atoms with Crippen molar-refractivity contribution >= 4 is 11.8 Å². The Morgan fingerprint density at radius 1 is 0.223 bits per heavy atom. The minimum atomic E-state index is -2.67. The summed E-state index contributed by atoms with van der Waals surface area (Å²) in [4.78, 5) is 25.8. The summed E-state index contributed by atoms with van der Waals surface area (Å²) >= 11 is 0. The van der Waals surface area contributed by atoms with E-state index in [1.54, 1.807) is 13.8 Å². The van der Waals surface area contributed by atoms with Gasteiger partial charge in [-0.05, 0) is 5.92 Å². The van der Waals surface area contributed by atoms with Gasteiger partial charge in [0.1, 0.15) is 262 Å². The maximum atomic E-state index is 13.2. The number of hydrogen-bond acceptors (Lipinski definition) is 55. The van der Waals surface area contributed by atoms with Gasteiger partial charge in [-0.25, -0.2) is 0 Å². The van der Waals surface area contributed by atoms with E-state index in [0.717, 1.165) is 13.8 Å². The summed E-state index contributed by atoms with van der Waals surface area (Å²) < 4.78 is 125. The summed E-state index contributed by atoms with van der Waals surface area (Å²) in [6, 6.07) is -3.22. The van der Waals surface area contributed by atoms with Crippen molar-refractivity contribution in [3.63, 3.8) is 0 Å². The van der Waals surface area contributed by atoms with E-state index in [0.29, 0.717) is 0 Å². The smallest absolute Gasteiger partial charge is 0.217 e. The normalized spacial score (nSPS) is 51.1. The van der Waals surface area contributed by atoms with Crippen molar-refractivity contribution in [2.45, 2.75) is 365 Å². The van der Waals surface area contributed by atoms with Crippen LogP contribution in [0.1, 0.15) is 27.7 Å². The number of hydrogen-bond donors (Lipinski definition) is 34. The molecule has 2 amide bonds. The third kappa shape index (κ3) is 22.9. The lowest BCUT2D eigenvalue weighted by molar-refractivity contribution is -0.408. The van der Waals surface area contributed by atoms with Gasteiger partial charge in [-0.3, -0.25) is 9.59 Å². The van der Waals surface area contributed by atoms with Crippen LogP contribution in [0, 0.1) is 5.92 Å². The molecule has 0 radical (unpaired) electrons. The zero-order valence-corrected chi connectivity index (χ0v) is 69.8. The Balaban J connectivity index is 0.964. The molecule has 57 heteroatoms. The van der Waals surface area contributed by atoms with Crippen LogP contribution in [0.15, 0.2) is 0 Å². The second kappa shape index (κ2) is 46.7. The Bertz CT molecular complexity index is 3440. The minimum Gasteiger partial charge on any atom is -0.394 e. The van der Waals surface area contributed by atoms with Crippen LogP contribution in [-0.2, 0) is 109 Å². The molecule has 0 aromatic carbocycles. The first-order valence-corrected chi connectivity index (χ1v) is 41.9. The zero-order chi connectivity index (χ0) is 95.5. The molecule has 0 saturated carbocycles. The number of amides is 2. The average Bonchev–Trinajstić information content (AvgIpc) is 0.761. The van der Waals surface area contributed by atoms with Crippen molar-refractivity contribution in [2.75, 3.05) is 72.7 Å². The predicted octanol–water partition coefficient (Wildman–Crippen LogP) is -23.0. The van der Waals surface area contributed by atoms with E-state index in [-0.39, 0.29) is 0 Å². The largest absolute Gasteiger partial charge is 0.394 e. The highest BCUT2D eigenvalue weighted by molar-refractivity contribution is 5.73. The van der Waals surface area contributed by atoms with Crippen molar-refractivity contribution in [1.82, 2.24) is 10.6 Å². The van der Waals surface area contributed by atoms with Gasteiger partial charge in [0, 0.05) is 13.8 Å². The SMILES string of the molecule is CC(=O)NC1[C@H](O[C@@H]2C(CO)O[C@@H](C(C)C)C(NC(C)=O)[C@H]2O)OC(CO)[C@@H](O[C@@H]2OC(CO[C@H]3OC(CO[C@H]4OC(CO)[C@@H](O)[C@H](O)C4O[C@H]4OC(CO)[C@@H](O)[C@H](O)C4O)[C@@H](O)[C@H](O[C@H]4OC(CO)[C@@H](O)C(O)C4O[C@H]4OC(CO)[C@@H](O)C(O)C4O)C3O)[C@@H](O)[C@H](O[C@H]3OC(CO)[C@@H](O)C(O)C3O[C@H]3OC(CO)[C@@H](O)C(O)C3O[C@H]3OC(CO)[C@@H](O)C(O)C3O)C2O)[C@@H]1O. The molecular formula is C73H124N2O55. The fourth-order valence-electron chi connectivity index (χ4n) is 17.1. The Kier molecular flexibility index (Phi) is 38.5. The quantitative estimate of drug-likeness (QED) is 0.0284. The highest BCUT2D eigenvalue weighted by Crippen LogP contribution is 2.42. The Hall–Kier alpha value is -3.18. The maximum Gasteiger partial charge on any atom is 0.217 e. The minimum absolute atomic E-state index is 0.449. The molecule has 55 atom stereocenters. The van der Waals surface area contributed by atoms with E-state index in [1.807, 2.05) is 0 Å². The Morgan fingerprint density at radius 2 is 0.454 bits per heavy atom. The number of rotatable bonds is 34. The van der Waals surface area contributed by atoms with E-state index in [4.69, 9.17) is 99.5 Å². The van der Waals surface area contributed by atoms with Crippen molar-refractivity contribution in [1.29, 1.82) is 0 Å². The van der Waals surface area contributed by atoms with E-state index >= 15 is 0 Å². The molecule has 0 bridgehead atoms. The molecule has 57 nitrogen and oxygen atoms in total. The third-order valence-corrected chi connectivity index (χ3v) is 24.5. The van der Waals surface area contributed by atoms with Crippen molar-refractivity contribution in [3.05, 3.63) is 0 Å². The lowest BCUT2D eigenvalue weighted by atomic mass is 9.87. The molecule has 756 valence electrons. The van der Waals surface area contributed by atoms with Crippen LogP contribution in [-0.4, -0.2) is 585 Å². The number of carbonyl (C=O) groups is 2. The van der Waals surface area contributed by atoms with E-state index in [9.17, 15) is 173 Å². The molecule has 34 N–H and O–H groups in total. The molecule has 27 unspecified atom stereocenters. The first kappa shape index (κ1) is 107. The molecule has 130 heavy (non-hydrogen) atoms. The van der Waals surface area contributed by atoms with Crippen LogP contribution >= 0.6 is 0 Å². The topological polar surface area (TPSA) is 899 Å². The van der Waals surface area contributed by atoms with Crippen molar-refractivity contribution in [3.8, 4) is 0 Å². The fraction of sp³-hybridized carbons (Fsp3) is 0.973. The summed E-state index contributed by atoms with van der Waals surface area (Å²) in [6.07, 6.45) is -115. The second-order valence-electron chi connectivity index (χ2n) is 33.7.